The smallest absolute Gasteiger partial charge is 0.249 e. The third-order valence-electron chi connectivity index (χ3n) is 6.34. The van der Waals surface area contributed by atoms with Crippen molar-refractivity contribution < 1.29 is 17.5 Å². The molecule has 5 rings (SSSR count). The number of aromatic hydroxyl groups is 1. The molecule has 0 aliphatic carbocycles. The van der Waals surface area contributed by atoms with Crippen LogP contribution in [0.15, 0.2) is 42.5 Å². The Hall–Kier alpha value is -3.19. The summed E-state index contributed by atoms with van der Waals surface area (Å²) in [4.78, 5) is 24.3. The molecular formula is C25H32N4O3. The van der Waals surface area contributed by atoms with E-state index in [-0.39, 0.29) is 26.7 Å². The van der Waals surface area contributed by atoms with Gasteiger partial charge in [0.1, 0.15) is 17.7 Å². The predicted molar refractivity (Wildman–Crippen MR) is 128 cm³/mol. The van der Waals surface area contributed by atoms with Crippen LogP contribution < -0.4 is 10.2 Å². The summed E-state index contributed by atoms with van der Waals surface area (Å²) in [6, 6.07) is 13.5. The molecule has 3 aromatic rings. The topological polar surface area (TPSA) is 87.6 Å². The summed E-state index contributed by atoms with van der Waals surface area (Å²) in [7, 11) is 0. The van der Waals surface area contributed by atoms with Crippen LogP contribution in [0.2, 0.25) is 0 Å². The van der Waals surface area contributed by atoms with Crippen LogP contribution in [0, 0.1) is 6.92 Å². The molecule has 0 saturated carbocycles. The highest BCUT2D eigenvalue weighted by molar-refractivity contribution is 5.92. The maximum absolute atomic E-state index is 12.4. The second kappa shape index (κ2) is 8.74. The van der Waals surface area contributed by atoms with Gasteiger partial charge in [-0.25, -0.2) is 9.97 Å². The quantitative estimate of drug-likeness (QED) is 0.641. The molecule has 2 saturated heterocycles. The number of aromatic nitrogens is 2. The molecule has 1 aromatic heterocycles. The van der Waals surface area contributed by atoms with Gasteiger partial charge >= 0.3 is 0 Å². The number of phenolic OH excluding ortho intramolecular Hbond substituents is 1. The lowest BCUT2D eigenvalue weighted by Crippen LogP contribution is -2.47. The molecule has 1 atom stereocenters. The first kappa shape index (κ1) is 20.7. The molecule has 0 unspecified atom stereocenters. The Kier molecular flexibility index (Phi) is 5.66. The highest BCUT2D eigenvalue weighted by Crippen LogP contribution is 2.33. The minimum Gasteiger partial charge on any atom is -0.507 e. The van der Waals surface area contributed by atoms with Gasteiger partial charge in [-0.2, -0.15) is 0 Å². The van der Waals surface area contributed by atoms with E-state index in [9.17, 15) is 9.90 Å². The number of anilines is 1. The van der Waals surface area contributed by atoms with Gasteiger partial charge in [-0.05, 0) is 62.4 Å². The Morgan fingerprint density at radius 2 is 1.97 bits per heavy atom. The van der Waals surface area contributed by atoms with Crippen LogP contribution in [0.4, 0.5) is 5.82 Å². The third-order valence-corrected chi connectivity index (χ3v) is 6.34. The highest BCUT2D eigenvalue weighted by atomic mass is 16.5. The average molecular weight is 437 g/mol. The van der Waals surface area contributed by atoms with Crippen LogP contribution in [-0.4, -0.2) is 52.8 Å². The zero-order chi connectivity index (χ0) is 22.1. The number of rotatable bonds is 4. The van der Waals surface area contributed by atoms with Crippen LogP contribution in [0.3, 0.4) is 0 Å². The maximum Gasteiger partial charge on any atom is 0.249 e. The lowest BCUT2D eigenvalue weighted by molar-refractivity contribution is -0.130. The van der Waals surface area contributed by atoms with Crippen LogP contribution in [0.5, 0.6) is 5.75 Å². The molecule has 2 aliphatic heterocycles. The summed E-state index contributed by atoms with van der Waals surface area (Å²) < 4.78 is 5.51. The zero-order valence-electron chi connectivity index (χ0n) is 18.3. The van der Waals surface area contributed by atoms with Gasteiger partial charge in [0, 0.05) is 34.0 Å². The molecule has 0 spiro atoms. The van der Waals surface area contributed by atoms with E-state index in [0.29, 0.717) is 18.0 Å². The summed E-state index contributed by atoms with van der Waals surface area (Å²) in [6.07, 6.45) is 3.18. The van der Waals surface area contributed by atoms with Crippen LogP contribution in [0.1, 0.15) is 34.1 Å². The SMILES string of the molecule is Cc1ccc2c(N3CCC(NC(=O)[C@H]4CCCO4)CC3)nc(-c3ccccc3O)nc2c1.[HH].[HH]. The molecule has 32 heavy (non-hydrogen) atoms. The number of nitrogens with zero attached hydrogens (tertiary/aromatic N) is 3. The number of piperidine rings is 1. The van der Waals surface area contributed by atoms with E-state index >= 15 is 0 Å². The van der Waals surface area contributed by atoms with Gasteiger partial charge in [0.15, 0.2) is 5.82 Å². The maximum atomic E-state index is 12.4. The number of para-hydroxylation sites is 1. The molecule has 0 radical (unpaired) electrons. The first-order valence-corrected chi connectivity index (χ1v) is 11.3. The predicted octanol–water partition coefficient (Wildman–Crippen LogP) is 4.07. The lowest BCUT2D eigenvalue weighted by atomic mass is 10.0. The number of carbonyl (C=O) groups excluding carboxylic acids is 1. The van der Waals surface area contributed by atoms with Crippen molar-refractivity contribution in [3.8, 4) is 17.1 Å². The second-order valence-corrected chi connectivity index (χ2v) is 8.68. The van der Waals surface area contributed by atoms with Crippen molar-refractivity contribution in [2.24, 2.45) is 0 Å². The number of benzene rings is 2. The molecule has 2 N–H and O–H groups in total. The van der Waals surface area contributed by atoms with Crippen molar-refractivity contribution in [3.63, 3.8) is 0 Å². The number of hydrogen-bond donors (Lipinski definition) is 2. The van der Waals surface area contributed by atoms with Gasteiger partial charge in [0.2, 0.25) is 5.91 Å². The zero-order valence-corrected chi connectivity index (χ0v) is 18.3. The van der Waals surface area contributed by atoms with Gasteiger partial charge in [-0.1, -0.05) is 18.2 Å². The number of amides is 1. The van der Waals surface area contributed by atoms with Gasteiger partial charge in [-0.15, -0.1) is 0 Å². The van der Waals surface area contributed by atoms with Gasteiger partial charge < -0.3 is 20.1 Å². The molecule has 2 aromatic carbocycles. The van der Waals surface area contributed by atoms with E-state index in [4.69, 9.17) is 14.7 Å². The standard InChI is InChI=1S/C25H28N4O3.2H2/c1-16-8-9-18-20(15-16)27-23(19-5-2-3-6-21(19)30)28-24(18)29-12-10-17(11-13-29)26-25(31)22-7-4-14-32-22;;/h2-3,5-6,8-9,15,17,22,30H,4,7,10-14H2,1H3,(H,26,31);2*1H/t22-;;/m1../s1. The minimum atomic E-state index is -0.289. The van der Waals surface area contributed by atoms with E-state index < -0.39 is 0 Å². The summed E-state index contributed by atoms with van der Waals surface area (Å²) >= 11 is 0. The van der Waals surface area contributed by atoms with Gasteiger partial charge in [0.05, 0.1) is 11.1 Å². The minimum absolute atomic E-state index is 0. The number of aryl methyl sites for hydroxylation is 1. The first-order chi connectivity index (χ1) is 15.6. The number of phenols is 1. The molecule has 170 valence electrons. The molecule has 2 aliphatic rings. The summed E-state index contributed by atoms with van der Waals surface area (Å²) in [5, 5.41) is 14.5. The van der Waals surface area contributed by atoms with E-state index in [1.807, 2.05) is 19.1 Å². The van der Waals surface area contributed by atoms with Crippen molar-refractivity contribution >= 4 is 22.6 Å². The summed E-state index contributed by atoms with van der Waals surface area (Å²) in [5.74, 6) is 1.58. The highest BCUT2D eigenvalue weighted by Gasteiger charge is 2.28. The van der Waals surface area contributed by atoms with E-state index in [2.05, 4.69) is 28.4 Å². The van der Waals surface area contributed by atoms with Crippen molar-refractivity contribution in [2.75, 3.05) is 24.6 Å². The van der Waals surface area contributed by atoms with Crippen molar-refractivity contribution in [1.29, 1.82) is 0 Å². The molecular weight excluding hydrogens is 404 g/mol. The van der Waals surface area contributed by atoms with Gasteiger partial charge in [0.25, 0.3) is 0 Å². The van der Waals surface area contributed by atoms with Crippen LogP contribution in [0.25, 0.3) is 22.3 Å². The van der Waals surface area contributed by atoms with Crippen molar-refractivity contribution in [3.05, 3.63) is 48.0 Å². The number of ether oxygens (including phenoxy) is 1. The molecule has 1 amide bonds. The summed E-state index contributed by atoms with van der Waals surface area (Å²) in [5.41, 5.74) is 2.61. The molecule has 2 fully saturated rings. The molecule has 7 nitrogen and oxygen atoms in total. The fourth-order valence-electron chi connectivity index (χ4n) is 4.56. The second-order valence-electron chi connectivity index (χ2n) is 8.68. The fourth-order valence-corrected chi connectivity index (χ4v) is 4.56. The lowest BCUT2D eigenvalue weighted by Gasteiger charge is -2.34. The van der Waals surface area contributed by atoms with Crippen LogP contribution in [-0.2, 0) is 9.53 Å². The Balaban J connectivity index is 0.00000162. The van der Waals surface area contributed by atoms with Crippen molar-refractivity contribution in [1.82, 2.24) is 15.3 Å². The normalized spacial score (nSPS) is 19.4. The van der Waals surface area contributed by atoms with Crippen molar-refractivity contribution in [2.45, 2.75) is 44.8 Å². The third kappa shape index (κ3) is 4.12. The number of fused-ring (bicyclic) bond motifs is 1. The first-order valence-electron chi connectivity index (χ1n) is 11.3. The Morgan fingerprint density at radius 1 is 1.16 bits per heavy atom. The number of hydrogen-bond acceptors (Lipinski definition) is 6. The Bertz CT molecular complexity index is 1150. The average Bonchev–Trinajstić information content (AvgIpc) is 3.34. The van der Waals surface area contributed by atoms with E-state index in [1.165, 1.54) is 0 Å². The Morgan fingerprint density at radius 3 is 2.72 bits per heavy atom. The number of nitrogens with one attached hydrogen (secondary N) is 1. The Labute approximate surface area is 190 Å². The largest absolute Gasteiger partial charge is 0.507 e. The molecule has 3 heterocycles. The number of carbonyl (C=O) groups is 1. The summed E-state index contributed by atoms with van der Waals surface area (Å²) in [6.45, 7) is 4.30. The van der Waals surface area contributed by atoms with Gasteiger partial charge in [-0.3, -0.25) is 4.79 Å². The van der Waals surface area contributed by atoms with E-state index in [0.717, 1.165) is 61.1 Å². The molecule has 0 bridgehead atoms. The molecule has 7 heteroatoms. The van der Waals surface area contributed by atoms with E-state index in [1.54, 1.807) is 12.1 Å². The monoisotopic (exact) mass is 436 g/mol. The fraction of sp³-hybridized carbons (Fsp3) is 0.400. The van der Waals surface area contributed by atoms with Crippen LogP contribution >= 0.6 is 0 Å².